The van der Waals surface area contributed by atoms with Crippen molar-refractivity contribution in [1.82, 2.24) is 4.90 Å². The van der Waals surface area contributed by atoms with Crippen molar-refractivity contribution in [2.24, 2.45) is 11.8 Å². The molecule has 1 aromatic carbocycles. The predicted octanol–water partition coefficient (Wildman–Crippen LogP) is 4.33. The van der Waals surface area contributed by atoms with Crippen LogP contribution in [0.2, 0.25) is 0 Å². The molecule has 3 rings (SSSR count). The molecule has 0 bridgehead atoms. The second-order valence-corrected chi connectivity index (χ2v) is 8.79. The van der Waals surface area contributed by atoms with Crippen molar-refractivity contribution in [3.8, 4) is 5.75 Å². The maximum atomic E-state index is 12.7. The van der Waals surface area contributed by atoms with Gasteiger partial charge in [-0.1, -0.05) is 33.1 Å². The molecule has 1 aliphatic carbocycles. The standard InChI is InChI=1S/C23H36N2O3/c1-18-15-19(2)17-25(16-18)13-14-28-21-9-7-20(8-10-21)24-22(26)23(27-3)11-5-4-6-12-23/h7-10,18-19H,4-6,11-17H2,1-3H3,(H,24,26)/t18-,19-/m1/s1. The minimum atomic E-state index is -0.670. The number of piperidine rings is 1. The van der Waals surface area contributed by atoms with Crippen molar-refractivity contribution in [1.29, 1.82) is 0 Å². The van der Waals surface area contributed by atoms with Gasteiger partial charge in [0.2, 0.25) is 0 Å². The topological polar surface area (TPSA) is 50.8 Å². The van der Waals surface area contributed by atoms with Gasteiger partial charge in [0.1, 0.15) is 18.0 Å². The Morgan fingerprint density at radius 3 is 2.36 bits per heavy atom. The van der Waals surface area contributed by atoms with Crippen molar-refractivity contribution in [2.75, 3.05) is 38.7 Å². The number of rotatable bonds is 7. The first-order valence-electron chi connectivity index (χ1n) is 10.8. The fraction of sp³-hybridized carbons (Fsp3) is 0.696. The Labute approximate surface area is 169 Å². The van der Waals surface area contributed by atoms with Crippen LogP contribution in [0.1, 0.15) is 52.4 Å². The quantitative estimate of drug-likeness (QED) is 0.755. The number of ether oxygens (including phenoxy) is 2. The smallest absolute Gasteiger partial charge is 0.256 e. The number of benzene rings is 1. The lowest BCUT2D eigenvalue weighted by molar-refractivity contribution is -0.141. The van der Waals surface area contributed by atoms with E-state index in [9.17, 15) is 4.79 Å². The van der Waals surface area contributed by atoms with E-state index in [1.165, 1.54) is 25.9 Å². The molecule has 28 heavy (non-hydrogen) atoms. The van der Waals surface area contributed by atoms with Gasteiger partial charge in [0.25, 0.3) is 5.91 Å². The summed E-state index contributed by atoms with van der Waals surface area (Å²) >= 11 is 0. The fourth-order valence-corrected chi connectivity index (χ4v) is 4.79. The fourth-order valence-electron chi connectivity index (χ4n) is 4.79. The zero-order valence-corrected chi connectivity index (χ0v) is 17.7. The van der Waals surface area contributed by atoms with Crippen molar-refractivity contribution >= 4 is 11.6 Å². The van der Waals surface area contributed by atoms with E-state index < -0.39 is 5.60 Å². The largest absolute Gasteiger partial charge is 0.492 e. The number of amides is 1. The molecule has 2 atom stereocenters. The molecule has 0 radical (unpaired) electrons. The van der Waals surface area contributed by atoms with Gasteiger partial charge in [0.05, 0.1) is 0 Å². The van der Waals surface area contributed by atoms with Gasteiger partial charge in [-0.15, -0.1) is 0 Å². The summed E-state index contributed by atoms with van der Waals surface area (Å²) in [5, 5.41) is 3.02. The maximum Gasteiger partial charge on any atom is 0.256 e. The monoisotopic (exact) mass is 388 g/mol. The summed E-state index contributed by atoms with van der Waals surface area (Å²) in [5.74, 6) is 2.35. The highest BCUT2D eigenvalue weighted by Gasteiger charge is 2.39. The molecule has 2 aliphatic rings. The molecule has 5 nitrogen and oxygen atoms in total. The third-order valence-corrected chi connectivity index (χ3v) is 6.20. The van der Waals surface area contributed by atoms with E-state index in [2.05, 4.69) is 24.1 Å². The number of nitrogens with one attached hydrogen (secondary N) is 1. The van der Waals surface area contributed by atoms with E-state index in [4.69, 9.17) is 9.47 Å². The average Bonchev–Trinajstić information content (AvgIpc) is 2.69. The normalized spacial score (nSPS) is 25.2. The molecule has 0 aromatic heterocycles. The first-order valence-corrected chi connectivity index (χ1v) is 10.8. The highest BCUT2D eigenvalue weighted by Crippen LogP contribution is 2.32. The van der Waals surface area contributed by atoms with Gasteiger partial charge in [-0.05, 0) is 55.4 Å². The Bertz CT molecular complexity index is 615. The SMILES string of the molecule is COC1(C(=O)Nc2ccc(OCCN3C[C@H](C)C[C@@H](C)C3)cc2)CCCCC1. The summed E-state index contributed by atoms with van der Waals surface area (Å²) in [6.45, 7) is 8.65. The molecule has 1 saturated carbocycles. The van der Waals surface area contributed by atoms with Crippen LogP contribution in [0.3, 0.4) is 0 Å². The Kier molecular flexibility index (Phi) is 7.36. The summed E-state index contributed by atoms with van der Waals surface area (Å²) in [6.07, 6.45) is 6.19. The Morgan fingerprint density at radius 2 is 1.75 bits per heavy atom. The van der Waals surface area contributed by atoms with Gasteiger partial charge in [0, 0.05) is 32.4 Å². The lowest BCUT2D eigenvalue weighted by Gasteiger charge is -2.34. The van der Waals surface area contributed by atoms with Crippen LogP contribution in [0.25, 0.3) is 0 Å². The van der Waals surface area contributed by atoms with Crippen LogP contribution in [0.15, 0.2) is 24.3 Å². The van der Waals surface area contributed by atoms with Gasteiger partial charge in [0.15, 0.2) is 0 Å². The second kappa shape index (κ2) is 9.75. The Hall–Kier alpha value is -1.59. The van der Waals surface area contributed by atoms with Crippen molar-refractivity contribution in [3.63, 3.8) is 0 Å². The zero-order valence-electron chi connectivity index (χ0n) is 17.7. The molecule has 1 aliphatic heterocycles. The van der Waals surface area contributed by atoms with Crippen LogP contribution in [0.5, 0.6) is 5.75 Å². The Balaban J connectivity index is 1.46. The molecule has 2 fully saturated rings. The van der Waals surface area contributed by atoms with Crippen LogP contribution in [0, 0.1) is 11.8 Å². The molecule has 1 heterocycles. The minimum absolute atomic E-state index is 0.0308. The van der Waals surface area contributed by atoms with Crippen LogP contribution in [0.4, 0.5) is 5.69 Å². The van der Waals surface area contributed by atoms with Crippen LogP contribution >= 0.6 is 0 Å². The van der Waals surface area contributed by atoms with Gasteiger partial charge in [-0.25, -0.2) is 0 Å². The van der Waals surface area contributed by atoms with Crippen LogP contribution in [-0.4, -0.2) is 49.8 Å². The van der Waals surface area contributed by atoms with Crippen molar-refractivity contribution < 1.29 is 14.3 Å². The predicted molar refractivity (Wildman–Crippen MR) is 113 cm³/mol. The average molecular weight is 389 g/mol. The Morgan fingerprint density at radius 1 is 1.11 bits per heavy atom. The number of hydrogen-bond acceptors (Lipinski definition) is 4. The first-order chi connectivity index (χ1) is 13.5. The number of anilines is 1. The van der Waals surface area contributed by atoms with E-state index in [1.54, 1.807) is 7.11 Å². The highest BCUT2D eigenvalue weighted by atomic mass is 16.5. The molecule has 5 heteroatoms. The molecular weight excluding hydrogens is 352 g/mol. The number of carbonyl (C=O) groups is 1. The molecule has 1 aromatic rings. The molecule has 1 saturated heterocycles. The minimum Gasteiger partial charge on any atom is -0.492 e. The number of nitrogens with zero attached hydrogens (tertiary/aromatic N) is 1. The van der Waals surface area contributed by atoms with Gasteiger partial charge >= 0.3 is 0 Å². The van der Waals surface area contributed by atoms with Gasteiger partial charge in [-0.2, -0.15) is 0 Å². The second-order valence-electron chi connectivity index (χ2n) is 8.79. The van der Waals surface area contributed by atoms with E-state index in [0.717, 1.165) is 55.5 Å². The number of hydrogen-bond donors (Lipinski definition) is 1. The third kappa shape index (κ3) is 5.48. The molecule has 1 amide bonds. The molecule has 0 spiro atoms. The van der Waals surface area contributed by atoms with E-state index in [0.29, 0.717) is 6.61 Å². The summed E-state index contributed by atoms with van der Waals surface area (Å²) in [4.78, 5) is 15.2. The van der Waals surface area contributed by atoms with E-state index >= 15 is 0 Å². The van der Waals surface area contributed by atoms with E-state index in [1.807, 2.05) is 24.3 Å². The van der Waals surface area contributed by atoms with Gasteiger partial charge < -0.3 is 14.8 Å². The summed E-state index contributed by atoms with van der Waals surface area (Å²) in [6, 6.07) is 7.67. The molecular formula is C23H36N2O3. The first kappa shape index (κ1) is 21.1. The zero-order chi connectivity index (χ0) is 20.0. The lowest BCUT2D eigenvalue weighted by atomic mass is 9.84. The maximum absolute atomic E-state index is 12.7. The van der Waals surface area contributed by atoms with Gasteiger partial charge in [-0.3, -0.25) is 9.69 Å². The highest BCUT2D eigenvalue weighted by molar-refractivity contribution is 5.97. The molecule has 1 N–H and O–H groups in total. The van der Waals surface area contributed by atoms with Crippen LogP contribution in [-0.2, 0) is 9.53 Å². The third-order valence-electron chi connectivity index (χ3n) is 6.20. The summed E-state index contributed by atoms with van der Waals surface area (Å²) < 4.78 is 11.5. The summed E-state index contributed by atoms with van der Waals surface area (Å²) in [7, 11) is 1.64. The molecule has 156 valence electrons. The number of carbonyl (C=O) groups excluding carboxylic acids is 1. The number of methoxy groups -OCH3 is 1. The number of likely N-dealkylation sites (tertiary alicyclic amines) is 1. The summed E-state index contributed by atoms with van der Waals surface area (Å²) in [5.41, 5.74) is 0.119. The van der Waals surface area contributed by atoms with Crippen molar-refractivity contribution in [2.45, 2.75) is 58.0 Å². The van der Waals surface area contributed by atoms with Crippen molar-refractivity contribution in [3.05, 3.63) is 24.3 Å². The van der Waals surface area contributed by atoms with E-state index in [-0.39, 0.29) is 5.91 Å². The lowest BCUT2D eigenvalue weighted by Crippen LogP contribution is -2.46. The van der Waals surface area contributed by atoms with Crippen LogP contribution < -0.4 is 10.1 Å². The molecule has 0 unspecified atom stereocenters.